The predicted molar refractivity (Wildman–Crippen MR) is 80.8 cm³/mol. The Balaban J connectivity index is 2.61. The molecule has 0 spiro atoms. The molecule has 1 aromatic carbocycles. The van der Waals surface area contributed by atoms with Crippen molar-refractivity contribution in [2.45, 2.75) is 58.4 Å². The van der Waals surface area contributed by atoms with E-state index in [-0.39, 0.29) is 6.04 Å². The fourth-order valence-corrected chi connectivity index (χ4v) is 2.70. The molecule has 0 heterocycles. The van der Waals surface area contributed by atoms with E-state index >= 15 is 0 Å². The fourth-order valence-electron chi connectivity index (χ4n) is 2.70. The summed E-state index contributed by atoms with van der Waals surface area (Å²) in [7, 11) is 1.92. The van der Waals surface area contributed by atoms with Gasteiger partial charge in [-0.25, -0.2) is 8.78 Å². The molecule has 0 fully saturated rings. The van der Waals surface area contributed by atoms with Crippen molar-refractivity contribution in [2.24, 2.45) is 5.92 Å². The summed E-state index contributed by atoms with van der Waals surface area (Å²) >= 11 is 0. The Bertz CT molecular complexity index is 372. The highest BCUT2D eigenvalue weighted by Crippen LogP contribution is 2.21. The summed E-state index contributed by atoms with van der Waals surface area (Å²) in [5, 5.41) is 3.29. The van der Waals surface area contributed by atoms with Crippen molar-refractivity contribution in [3.05, 3.63) is 35.4 Å². The second kappa shape index (κ2) is 9.06. The van der Waals surface area contributed by atoms with Crippen molar-refractivity contribution in [3.63, 3.8) is 0 Å². The van der Waals surface area contributed by atoms with Crippen molar-refractivity contribution in [3.8, 4) is 0 Å². The lowest BCUT2D eigenvalue weighted by Crippen LogP contribution is -2.30. The van der Waals surface area contributed by atoms with Crippen LogP contribution in [0.1, 0.15) is 51.5 Å². The number of hydrogen-bond acceptors (Lipinski definition) is 1. The van der Waals surface area contributed by atoms with Crippen LogP contribution >= 0.6 is 0 Å². The minimum atomic E-state index is -0.493. The molecular weight excluding hydrogens is 256 g/mol. The topological polar surface area (TPSA) is 12.0 Å². The van der Waals surface area contributed by atoms with Gasteiger partial charge in [-0.15, -0.1) is 0 Å². The Hall–Kier alpha value is -0.960. The van der Waals surface area contributed by atoms with Gasteiger partial charge in [0.05, 0.1) is 0 Å². The Morgan fingerprint density at radius 3 is 2.25 bits per heavy atom. The zero-order valence-electron chi connectivity index (χ0n) is 12.9. The largest absolute Gasteiger partial charge is 0.317 e. The van der Waals surface area contributed by atoms with Gasteiger partial charge in [-0.3, -0.25) is 0 Å². The SMILES string of the molecule is CCCCC(CC)CC(Cc1cc(F)cc(F)c1)NC. The van der Waals surface area contributed by atoms with Gasteiger partial charge in [0.2, 0.25) is 0 Å². The zero-order chi connectivity index (χ0) is 15.0. The quantitative estimate of drug-likeness (QED) is 0.692. The standard InChI is InChI=1S/C17H27F2N/c1-4-6-7-13(5-2)10-17(20-3)11-14-8-15(18)12-16(19)9-14/h8-9,12-13,17,20H,4-7,10-11H2,1-3H3. The van der Waals surface area contributed by atoms with Crippen LogP contribution in [0.3, 0.4) is 0 Å². The first-order valence-corrected chi connectivity index (χ1v) is 7.71. The maximum absolute atomic E-state index is 13.2. The summed E-state index contributed by atoms with van der Waals surface area (Å²) in [5.74, 6) is -0.299. The summed E-state index contributed by atoms with van der Waals surface area (Å²) < 4.78 is 26.4. The average Bonchev–Trinajstić information content (AvgIpc) is 2.41. The highest BCUT2D eigenvalue weighted by Gasteiger charge is 2.15. The van der Waals surface area contributed by atoms with Gasteiger partial charge in [-0.2, -0.15) is 0 Å². The molecule has 0 bridgehead atoms. The monoisotopic (exact) mass is 283 g/mol. The van der Waals surface area contributed by atoms with Crippen LogP contribution in [0.15, 0.2) is 18.2 Å². The minimum Gasteiger partial charge on any atom is -0.317 e. The number of unbranched alkanes of at least 4 members (excludes halogenated alkanes) is 1. The number of benzene rings is 1. The van der Waals surface area contributed by atoms with E-state index in [1.54, 1.807) is 0 Å². The molecule has 2 atom stereocenters. The molecule has 0 aliphatic rings. The first-order valence-electron chi connectivity index (χ1n) is 7.71. The van der Waals surface area contributed by atoms with Gasteiger partial charge in [0.25, 0.3) is 0 Å². The van der Waals surface area contributed by atoms with E-state index in [0.29, 0.717) is 12.3 Å². The first kappa shape index (κ1) is 17.1. The molecule has 3 heteroatoms. The lowest BCUT2D eigenvalue weighted by Gasteiger charge is -2.22. The van der Waals surface area contributed by atoms with Crippen molar-refractivity contribution in [2.75, 3.05) is 7.05 Å². The third-order valence-electron chi connectivity index (χ3n) is 3.97. The molecule has 0 aromatic heterocycles. The summed E-state index contributed by atoms with van der Waals surface area (Å²) in [6, 6.07) is 4.06. The smallest absolute Gasteiger partial charge is 0.126 e. The molecule has 1 N–H and O–H groups in total. The van der Waals surface area contributed by atoms with Crippen molar-refractivity contribution in [1.82, 2.24) is 5.32 Å². The van der Waals surface area contributed by atoms with E-state index in [9.17, 15) is 8.78 Å². The number of hydrogen-bond donors (Lipinski definition) is 1. The van der Waals surface area contributed by atoms with E-state index in [0.717, 1.165) is 24.5 Å². The van der Waals surface area contributed by atoms with E-state index in [1.165, 1.54) is 31.4 Å². The Morgan fingerprint density at radius 2 is 1.75 bits per heavy atom. The summed E-state index contributed by atoms with van der Waals surface area (Å²) in [5.41, 5.74) is 0.729. The lowest BCUT2D eigenvalue weighted by atomic mass is 9.89. The van der Waals surface area contributed by atoms with E-state index in [1.807, 2.05) is 7.05 Å². The summed E-state index contributed by atoms with van der Waals surface area (Å²) in [4.78, 5) is 0. The summed E-state index contributed by atoms with van der Waals surface area (Å²) in [6.45, 7) is 4.42. The average molecular weight is 283 g/mol. The highest BCUT2D eigenvalue weighted by molar-refractivity contribution is 5.19. The Kier molecular flexibility index (Phi) is 7.75. The molecule has 1 nitrogen and oxygen atoms in total. The van der Waals surface area contributed by atoms with Gasteiger partial charge >= 0.3 is 0 Å². The van der Waals surface area contributed by atoms with Crippen LogP contribution in [0.25, 0.3) is 0 Å². The molecule has 0 radical (unpaired) electrons. The van der Waals surface area contributed by atoms with Crippen molar-refractivity contribution in [1.29, 1.82) is 0 Å². The van der Waals surface area contributed by atoms with E-state index in [4.69, 9.17) is 0 Å². The molecule has 1 aromatic rings. The molecule has 0 aliphatic carbocycles. The first-order chi connectivity index (χ1) is 9.58. The van der Waals surface area contributed by atoms with Gasteiger partial charge in [0.15, 0.2) is 0 Å². The minimum absolute atomic E-state index is 0.276. The molecule has 0 saturated carbocycles. The number of rotatable bonds is 9. The Labute approximate surface area is 121 Å². The van der Waals surface area contributed by atoms with Crippen LogP contribution in [-0.2, 0) is 6.42 Å². The molecular formula is C17H27F2N. The fraction of sp³-hybridized carbons (Fsp3) is 0.647. The molecule has 2 unspecified atom stereocenters. The second-order valence-corrected chi connectivity index (χ2v) is 5.62. The Morgan fingerprint density at radius 1 is 1.10 bits per heavy atom. The van der Waals surface area contributed by atoms with Gasteiger partial charge < -0.3 is 5.32 Å². The van der Waals surface area contributed by atoms with Crippen LogP contribution in [-0.4, -0.2) is 13.1 Å². The summed E-state index contributed by atoms with van der Waals surface area (Å²) in [6.07, 6.45) is 6.61. The predicted octanol–water partition coefficient (Wildman–Crippen LogP) is 4.70. The number of halogens is 2. The van der Waals surface area contributed by atoms with Crippen LogP contribution in [0, 0.1) is 17.6 Å². The van der Waals surface area contributed by atoms with Gasteiger partial charge in [0, 0.05) is 12.1 Å². The molecule has 0 saturated heterocycles. The second-order valence-electron chi connectivity index (χ2n) is 5.62. The van der Waals surface area contributed by atoms with Crippen molar-refractivity contribution >= 4 is 0 Å². The molecule has 1 rings (SSSR count). The normalized spacial score (nSPS) is 14.2. The lowest BCUT2D eigenvalue weighted by molar-refractivity contribution is 0.358. The molecule has 0 aliphatic heterocycles. The third kappa shape index (κ3) is 6.00. The van der Waals surface area contributed by atoms with E-state index in [2.05, 4.69) is 19.2 Å². The zero-order valence-corrected chi connectivity index (χ0v) is 12.9. The van der Waals surface area contributed by atoms with E-state index < -0.39 is 11.6 Å². The maximum atomic E-state index is 13.2. The van der Waals surface area contributed by atoms with Gasteiger partial charge in [0.1, 0.15) is 11.6 Å². The third-order valence-corrected chi connectivity index (χ3v) is 3.97. The van der Waals surface area contributed by atoms with Crippen molar-refractivity contribution < 1.29 is 8.78 Å². The number of nitrogens with one attached hydrogen (secondary N) is 1. The van der Waals surface area contributed by atoms with Crippen LogP contribution in [0.4, 0.5) is 8.78 Å². The molecule has 20 heavy (non-hydrogen) atoms. The van der Waals surface area contributed by atoms with Crippen LogP contribution in [0.2, 0.25) is 0 Å². The maximum Gasteiger partial charge on any atom is 0.126 e. The van der Waals surface area contributed by atoms with Gasteiger partial charge in [-0.1, -0.05) is 39.5 Å². The highest BCUT2D eigenvalue weighted by atomic mass is 19.1. The van der Waals surface area contributed by atoms with Gasteiger partial charge in [-0.05, 0) is 43.5 Å². The van der Waals surface area contributed by atoms with Crippen LogP contribution in [0.5, 0.6) is 0 Å². The molecule has 0 amide bonds. The van der Waals surface area contributed by atoms with Crippen LogP contribution < -0.4 is 5.32 Å². The molecule has 114 valence electrons. The number of likely N-dealkylation sites (N-methyl/N-ethyl adjacent to an activating group) is 1.